The lowest BCUT2D eigenvalue weighted by molar-refractivity contribution is -0.133. The quantitative estimate of drug-likeness (QED) is 0.139. The molecule has 6 nitrogen and oxygen atoms in total. The molecule has 0 amide bonds. The first-order valence-corrected chi connectivity index (χ1v) is 9.14. The molecule has 2 rings (SSSR count). The minimum absolute atomic E-state index is 0.0823. The maximum absolute atomic E-state index is 14.1. The van der Waals surface area contributed by atoms with Crippen LogP contribution in [0.15, 0.2) is 41.7 Å². The van der Waals surface area contributed by atoms with Crippen molar-refractivity contribution >= 4 is 28.9 Å². The molecule has 0 fully saturated rings. The third-order valence-electron chi connectivity index (χ3n) is 4.06. The SMILES string of the molecule is CO/C=C(/C(=O)OC)c1cccc(Cl)c1CO/N=C(\COC)c1ccc(F)c(F)c1F. The van der Waals surface area contributed by atoms with Gasteiger partial charge >= 0.3 is 5.97 Å². The number of rotatable bonds is 9. The number of carbonyl (C=O) groups excluding carboxylic acids is 1. The van der Waals surface area contributed by atoms with Gasteiger partial charge in [-0.25, -0.2) is 18.0 Å². The summed E-state index contributed by atoms with van der Waals surface area (Å²) in [7, 11) is 3.89. The molecule has 0 spiro atoms. The number of hydrogen-bond donors (Lipinski definition) is 0. The molecule has 0 aliphatic carbocycles. The normalized spacial score (nSPS) is 12.0. The summed E-state index contributed by atoms with van der Waals surface area (Å²) in [6.07, 6.45) is 1.19. The van der Waals surface area contributed by atoms with Crippen LogP contribution in [-0.2, 0) is 30.4 Å². The van der Waals surface area contributed by atoms with Crippen LogP contribution in [0.2, 0.25) is 5.02 Å². The van der Waals surface area contributed by atoms with Crippen LogP contribution in [0.25, 0.3) is 5.57 Å². The van der Waals surface area contributed by atoms with Crippen molar-refractivity contribution in [3.8, 4) is 0 Å². The van der Waals surface area contributed by atoms with E-state index in [0.717, 1.165) is 12.1 Å². The molecule has 0 atom stereocenters. The van der Waals surface area contributed by atoms with Gasteiger partial charge in [0.2, 0.25) is 0 Å². The molecule has 2 aromatic rings. The van der Waals surface area contributed by atoms with Crippen LogP contribution < -0.4 is 0 Å². The third kappa shape index (κ3) is 5.77. The number of halogens is 4. The zero-order valence-electron chi connectivity index (χ0n) is 16.9. The summed E-state index contributed by atoms with van der Waals surface area (Å²) in [6, 6.07) is 6.57. The first-order valence-electron chi connectivity index (χ1n) is 8.76. The molecule has 0 saturated carbocycles. The van der Waals surface area contributed by atoms with Gasteiger partial charge < -0.3 is 19.0 Å². The van der Waals surface area contributed by atoms with Gasteiger partial charge in [-0.05, 0) is 18.2 Å². The van der Waals surface area contributed by atoms with E-state index in [1.165, 1.54) is 27.6 Å². The molecule has 0 N–H and O–H groups in total. The zero-order chi connectivity index (χ0) is 23.0. The van der Waals surface area contributed by atoms with Gasteiger partial charge in [-0.3, -0.25) is 0 Å². The summed E-state index contributed by atoms with van der Waals surface area (Å²) < 4.78 is 55.6. The van der Waals surface area contributed by atoms with Gasteiger partial charge in [0, 0.05) is 28.8 Å². The lowest BCUT2D eigenvalue weighted by atomic mass is 10.0. The minimum atomic E-state index is -1.64. The van der Waals surface area contributed by atoms with E-state index in [1.807, 2.05) is 0 Å². The van der Waals surface area contributed by atoms with Crippen molar-refractivity contribution in [3.05, 3.63) is 75.8 Å². The molecule has 0 unspecified atom stereocenters. The van der Waals surface area contributed by atoms with E-state index in [1.54, 1.807) is 18.2 Å². The van der Waals surface area contributed by atoms with Crippen LogP contribution in [0.1, 0.15) is 16.7 Å². The average Bonchev–Trinajstić information content (AvgIpc) is 2.76. The number of methoxy groups -OCH3 is 3. The van der Waals surface area contributed by atoms with Gasteiger partial charge in [0.15, 0.2) is 17.5 Å². The van der Waals surface area contributed by atoms with Gasteiger partial charge in [-0.1, -0.05) is 28.9 Å². The van der Waals surface area contributed by atoms with Crippen LogP contribution >= 0.6 is 11.6 Å². The molecule has 0 aliphatic heterocycles. The fourth-order valence-electron chi connectivity index (χ4n) is 2.62. The summed E-state index contributed by atoms with van der Waals surface area (Å²) >= 11 is 6.25. The maximum atomic E-state index is 14.1. The monoisotopic (exact) mass is 457 g/mol. The van der Waals surface area contributed by atoms with Crippen LogP contribution in [0.3, 0.4) is 0 Å². The number of nitrogens with zero attached hydrogens (tertiary/aromatic N) is 1. The molecular weight excluding hydrogens is 439 g/mol. The molecule has 0 bridgehead atoms. The molecule has 31 heavy (non-hydrogen) atoms. The van der Waals surface area contributed by atoms with Crippen molar-refractivity contribution in [2.45, 2.75) is 6.61 Å². The highest BCUT2D eigenvalue weighted by atomic mass is 35.5. The minimum Gasteiger partial charge on any atom is -0.503 e. The zero-order valence-corrected chi connectivity index (χ0v) is 17.6. The second kappa shape index (κ2) is 11.4. The summed E-state index contributed by atoms with van der Waals surface area (Å²) in [5, 5.41) is 4.06. The number of hydrogen-bond acceptors (Lipinski definition) is 6. The van der Waals surface area contributed by atoms with Gasteiger partial charge in [-0.2, -0.15) is 0 Å². The summed E-state index contributed by atoms with van der Waals surface area (Å²) in [5.74, 6) is -5.06. The smallest absolute Gasteiger partial charge is 0.341 e. The van der Waals surface area contributed by atoms with E-state index in [4.69, 9.17) is 30.6 Å². The standard InChI is InChI=1S/C21H19ClF3NO5/c1-28-9-15(21(27)30-3)12-5-4-6-16(22)14(12)10-31-26-18(11-29-2)13-7-8-17(23)20(25)19(13)24/h4-9H,10-11H2,1-3H3/b15-9+,26-18+. The number of ether oxygens (including phenoxy) is 3. The van der Waals surface area contributed by atoms with Crippen molar-refractivity contribution in [2.75, 3.05) is 27.9 Å². The number of oxime groups is 1. The molecule has 0 heterocycles. The summed E-state index contributed by atoms with van der Waals surface area (Å²) in [4.78, 5) is 17.4. The Balaban J connectivity index is 2.39. The molecule has 2 aromatic carbocycles. The van der Waals surface area contributed by atoms with Crippen LogP contribution in [0.4, 0.5) is 13.2 Å². The number of esters is 1. The Morgan fingerprint density at radius 2 is 1.81 bits per heavy atom. The van der Waals surface area contributed by atoms with E-state index in [-0.39, 0.29) is 35.1 Å². The maximum Gasteiger partial charge on any atom is 0.341 e. The molecule has 0 aromatic heterocycles. The highest BCUT2D eigenvalue weighted by Gasteiger charge is 2.20. The summed E-state index contributed by atoms with van der Waals surface area (Å²) in [6.45, 7) is -0.486. The van der Waals surface area contributed by atoms with Crippen LogP contribution in [0, 0.1) is 17.5 Å². The first-order chi connectivity index (χ1) is 14.8. The average molecular weight is 458 g/mol. The topological polar surface area (TPSA) is 66.4 Å². The Morgan fingerprint density at radius 3 is 2.45 bits per heavy atom. The van der Waals surface area contributed by atoms with Crippen molar-refractivity contribution in [3.63, 3.8) is 0 Å². The highest BCUT2D eigenvalue weighted by molar-refractivity contribution is 6.32. The molecular formula is C21H19ClF3NO5. The van der Waals surface area contributed by atoms with E-state index < -0.39 is 23.4 Å². The number of benzene rings is 2. The fourth-order valence-corrected chi connectivity index (χ4v) is 2.85. The lowest BCUT2D eigenvalue weighted by Crippen LogP contribution is -2.14. The highest BCUT2D eigenvalue weighted by Crippen LogP contribution is 2.28. The van der Waals surface area contributed by atoms with Crippen LogP contribution in [0.5, 0.6) is 0 Å². The Hall–Kier alpha value is -3.04. The molecule has 0 radical (unpaired) electrons. The van der Waals surface area contributed by atoms with E-state index in [9.17, 15) is 18.0 Å². The predicted molar refractivity (Wildman–Crippen MR) is 108 cm³/mol. The van der Waals surface area contributed by atoms with Crippen molar-refractivity contribution < 1.29 is 37.0 Å². The first kappa shape index (κ1) is 24.2. The van der Waals surface area contributed by atoms with Gasteiger partial charge in [0.05, 0.1) is 27.1 Å². The second-order valence-electron chi connectivity index (χ2n) is 5.99. The third-order valence-corrected chi connectivity index (χ3v) is 4.41. The largest absolute Gasteiger partial charge is 0.503 e. The molecule has 166 valence electrons. The van der Waals surface area contributed by atoms with Crippen LogP contribution in [-0.4, -0.2) is 39.6 Å². The predicted octanol–water partition coefficient (Wildman–Crippen LogP) is 4.48. The van der Waals surface area contributed by atoms with E-state index in [0.29, 0.717) is 11.1 Å². The van der Waals surface area contributed by atoms with Crippen molar-refractivity contribution in [1.82, 2.24) is 0 Å². The van der Waals surface area contributed by atoms with Crippen molar-refractivity contribution in [1.29, 1.82) is 0 Å². The Labute approximate surface area is 181 Å². The molecule has 0 aliphatic rings. The number of carbonyl (C=O) groups is 1. The van der Waals surface area contributed by atoms with Gasteiger partial charge in [0.25, 0.3) is 0 Å². The summed E-state index contributed by atoms with van der Waals surface area (Å²) in [5.41, 5.74) is 0.370. The lowest BCUT2D eigenvalue weighted by Gasteiger charge is -2.13. The van der Waals surface area contributed by atoms with E-state index in [2.05, 4.69) is 5.16 Å². The second-order valence-corrected chi connectivity index (χ2v) is 6.40. The Morgan fingerprint density at radius 1 is 1.06 bits per heavy atom. The van der Waals surface area contributed by atoms with E-state index >= 15 is 0 Å². The van der Waals surface area contributed by atoms with Gasteiger partial charge in [-0.15, -0.1) is 0 Å². The molecule has 10 heteroatoms. The molecule has 0 saturated heterocycles. The van der Waals surface area contributed by atoms with Gasteiger partial charge in [0.1, 0.15) is 17.9 Å². The Kier molecular flexibility index (Phi) is 8.89. The van der Waals surface area contributed by atoms with Crippen molar-refractivity contribution in [2.24, 2.45) is 5.16 Å². The fraction of sp³-hybridized carbons (Fsp3) is 0.238. The Bertz CT molecular complexity index is 1010.